The molecule has 0 saturated carbocycles. The predicted octanol–water partition coefficient (Wildman–Crippen LogP) is 4.05. The standard InChI is InChI=1S/C19H14N2O5/c1-24-17-9-12(10-18-19(17)26-11-25-18)5-6-13-7-8-14-15(20-13)3-2-4-16(14)21(22)23/h2-10H,11H2,1H3/b6-5+. The van der Waals surface area contributed by atoms with Crippen LogP contribution < -0.4 is 14.2 Å². The lowest BCUT2D eigenvalue weighted by molar-refractivity contribution is -0.383. The molecule has 0 bridgehead atoms. The Morgan fingerprint density at radius 1 is 1.19 bits per heavy atom. The number of hydrogen-bond donors (Lipinski definition) is 0. The van der Waals surface area contributed by atoms with Crippen molar-refractivity contribution < 1.29 is 19.1 Å². The van der Waals surface area contributed by atoms with Crippen LogP contribution in [0.4, 0.5) is 5.69 Å². The van der Waals surface area contributed by atoms with Crippen molar-refractivity contribution in [1.29, 1.82) is 0 Å². The highest BCUT2D eigenvalue weighted by molar-refractivity contribution is 5.89. The molecule has 1 aliphatic rings. The van der Waals surface area contributed by atoms with Crippen LogP contribution in [0.2, 0.25) is 0 Å². The topological polar surface area (TPSA) is 83.7 Å². The fourth-order valence-corrected chi connectivity index (χ4v) is 2.83. The van der Waals surface area contributed by atoms with E-state index in [0.717, 1.165) is 5.56 Å². The highest BCUT2D eigenvalue weighted by Crippen LogP contribution is 2.42. The van der Waals surface area contributed by atoms with Crippen LogP contribution in [-0.4, -0.2) is 23.8 Å². The lowest BCUT2D eigenvalue weighted by Crippen LogP contribution is -1.93. The largest absolute Gasteiger partial charge is 0.493 e. The van der Waals surface area contributed by atoms with Gasteiger partial charge in [0.1, 0.15) is 0 Å². The van der Waals surface area contributed by atoms with Gasteiger partial charge in [-0.05, 0) is 42.0 Å². The Morgan fingerprint density at radius 2 is 2.08 bits per heavy atom. The molecule has 2 heterocycles. The molecule has 0 unspecified atom stereocenters. The van der Waals surface area contributed by atoms with E-state index in [1.807, 2.05) is 24.3 Å². The molecule has 7 heteroatoms. The number of nitrogens with zero attached hydrogens (tertiary/aromatic N) is 2. The molecule has 0 radical (unpaired) electrons. The molecule has 1 aromatic heterocycles. The van der Waals surface area contributed by atoms with Gasteiger partial charge >= 0.3 is 0 Å². The SMILES string of the molecule is COc1cc(/C=C/c2ccc3c([N+](=O)[O-])cccc3n2)cc2c1OCO2. The first kappa shape index (κ1) is 15.9. The van der Waals surface area contributed by atoms with E-state index in [9.17, 15) is 10.1 Å². The summed E-state index contributed by atoms with van der Waals surface area (Å²) < 4.78 is 16.1. The van der Waals surface area contributed by atoms with Crippen LogP contribution in [0.5, 0.6) is 17.2 Å². The smallest absolute Gasteiger partial charge is 0.278 e. The Hall–Kier alpha value is -3.61. The van der Waals surface area contributed by atoms with Gasteiger partial charge < -0.3 is 14.2 Å². The minimum absolute atomic E-state index is 0.0473. The first-order chi connectivity index (χ1) is 12.7. The van der Waals surface area contributed by atoms with Gasteiger partial charge in [-0.2, -0.15) is 0 Å². The van der Waals surface area contributed by atoms with Gasteiger partial charge in [0.15, 0.2) is 11.5 Å². The van der Waals surface area contributed by atoms with Crippen LogP contribution in [0.1, 0.15) is 11.3 Å². The Balaban J connectivity index is 1.68. The van der Waals surface area contributed by atoms with Crippen LogP contribution in [0, 0.1) is 10.1 Å². The average Bonchev–Trinajstić information content (AvgIpc) is 3.13. The molecule has 0 aliphatic carbocycles. The molecule has 0 atom stereocenters. The zero-order valence-corrected chi connectivity index (χ0v) is 13.8. The van der Waals surface area contributed by atoms with Gasteiger partial charge in [0.05, 0.1) is 28.6 Å². The van der Waals surface area contributed by atoms with Gasteiger partial charge in [-0.25, -0.2) is 4.98 Å². The second kappa shape index (κ2) is 6.36. The van der Waals surface area contributed by atoms with Gasteiger partial charge in [0.25, 0.3) is 5.69 Å². The van der Waals surface area contributed by atoms with E-state index in [0.29, 0.717) is 33.8 Å². The van der Waals surface area contributed by atoms with Crippen LogP contribution in [0.3, 0.4) is 0 Å². The van der Waals surface area contributed by atoms with Crippen LogP contribution in [0.15, 0.2) is 42.5 Å². The number of pyridine rings is 1. The van der Waals surface area contributed by atoms with Gasteiger partial charge in [-0.3, -0.25) is 10.1 Å². The molecule has 0 N–H and O–H groups in total. The molecule has 2 aromatic carbocycles. The molecule has 0 spiro atoms. The molecular formula is C19H14N2O5. The molecule has 0 amide bonds. The maximum Gasteiger partial charge on any atom is 0.278 e. The number of ether oxygens (including phenoxy) is 3. The van der Waals surface area contributed by atoms with E-state index < -0.39 is 4.92 Å². The van der Waals surface area contributed by atoms with E-state index in [2.05, 4.69) is 4.98 Å². The van der Waals surface area contributed by atoms with Crippen LogP contribution in [-0.2, 0) is 0 Å². The highest BCUT2D eigenvalue weighted by atomic mass is 16.7. The monoisotopic (exact) mass is 350 g/mol. The average molecular weight is 350 g/mol. The molecule has 1 aliphatic heterocycles. The Labute approximate surface area is 148 Å². The summed E-state index contributed by atoms with van der Waals surface area (Å²) in [6.45, 7) is 0.171. The normalized spacial score (nSPS) is 12.7. The van der Waals surface area contributed by atoms with Crippen molar-refractivity contribution in [3.05, 3.63) is 63.8 Å². The quantitative estimate of drug-likeness (QED) is 0.521. The maximum absolute atomic E-state index is 11.1. The zero-order chi connectivity index (χ0) is 18.1. The van der Waals surface area contributed by atoms with Gasteiger partial charge in [0.2, 0.25) is 12.5 Å². The van der Waals surface area contributed by atoms with E-state index in [1.165, 1.54) is 6.07 Å². The summed E-state index contributed by atoms with van der Waals surface area (Å²) in [6, 6.07) is 12.0. The molecule has 4 rings (SSSR count). The Bertz CT molecular complexity index is 1050. The number of rotatable bonds is 4. The lowest BCUT2D eigenvalue weighted by atomic mass is 10.1. The van der Waals surface area contributed by atoms with Crippen molar-refractivity contribution in [2.45, 2.75) is 0 Å². The predicted molar refractivity (Wildman–Crippen MR) is 96.4 cm³/mol. The van der Waals surface area contributed by atoms with E-state index in [-0.39, 0.29) is 12.5 Å². The summed E-state index contributed by atoms with van der Waals surface area (Å²) in [6.07, 6.45) is 3.70. The summed E-state index contributed by atoms with van der Waals surface area (Å²) in [7, 11) is 1.57. The second-order valence-electron chi connectivity index (χ2n) is 5.63. The minimum atomic E-state index is -0.404. The first-order valence-corrected chi connectivity index (χ1v) is 7.85. The van der Waals surface area contributed by atoms with Crippen molar-refractivity contribution in [2.24, 2.45) is 0 Å². The number of hydrogen-bond acceptors (Lipinski definition) is 6. The number of nitro benzene ring substituents is 1. The fourth-order valence-electron chi connectivity index (χ4n) is 2.83. The number of non-ortho nitro benzene ring substituents is 1. The summed E-state index contributed by atoms with van der Waals surface area (Å²) in [4.78, 5) is 15.2. The first-order valence-electron chi connectivity index (χ1n) is 7.85. The molecular weight excluding hydrogens is 336 g/mol. The highest BCUT2D eigenvalue weighted by Gasteiger charge is 2.19. The van der Waals surface area contributed by atoms with Crippen molar-refractivity contribution in [2.75, 3.05) is 13.9 Å². The van der Waals surface area contributed by atoms with E-state index in [4.69, 9.17) is 14.2 Å². The van der Waals surface area contributed by atoms with Gasteiger partial charge in [-0.15, -0.1) is 0 Å². The zero-order valence-electron chi connectivity index (χ0n) is 13.8. The number of methoxy groups -OCH3 is 1. The number of fused-ring (bicyclic) bond motifs is 2. The fraction of sp³-hybridized carbons (Fsp3) is 0.105. The molecule has 0 fully saturated rings. The van der Waals surface area contributed by atoms with E-state index in [1.54, 1.807) is 31.4 Å². The molecule has 3 aromatic rings. The third-order valence-electron chi connectivity index (χ3n) is 4.05. The second-order valence-corrected chi connectivity index (χ2v) is 5.63. The summed E-state index contributed by atoms with van der Waals surface area (Å²) in [5.74, 6) is 1.83. The summed E-state index contributed by atoms with van der Waals surface area (Å²) in [5.41, 5.74) is 2.18. The van der Waals surface area contributed by atoms with Crippen molar-refractivity contribution in [3.63, 3.8) is 0 Å². The number of aromatic nitrogens is 1. The van der Waals surface area contributed by atoms with Gasteiger partial charge in [-0.1, -0.05) is 12.1 Å². The molecule has 130 valence electrons. The molecule has 7 nitrogen and oxygen atoms in total. The molecule has 0 saturated heterocycles. The maximum atomic E-state index is 11.1. The van der Waals surface area contributed by atoms with Crippen LogP contribution >= 0.6 is 0 Å². The summed E-state index contributed by atoms with van der Waals surface area (Å²) >= 11 is 0. The lowest BCUT2D eigenvalue weighted by Gasteiger charge is -2.05. The van der Waals surface area contributed by atoms with Crippen LogP contribution in [0.25, 0.3) is 23.1 Å². The summed E-state index contributed by atoms with van der Waals surface area (Å²) in [5, 5.41) is 11.6. The van der Waals surface area contributed by atoms with E-state index >= 15 is 0 Å². The molecule has 26 heavy (non-hydrogen) atoms. The van der Waals surface area contributed by atoms with Gasteiger partial charge in [0, 0.05) is 6.07 Å². The third kappa shape index (κ3) is 2.79. The van der Waals surface area contributed by atoms with Crippen molar-refractivity contribution in [1.82, 2.24) is 4.98 Å². The Kier molecular flexibility index (Phi) is 3.89. The Morgan fingerprint density at radius 3 is 2.88 bits per heavy atom. The minimum Gasteiger partial charge on any atom is -0.493 e. The number of nitro groups is 1. The third-order valence-corrected chi connectivity index (χ3v) is 4.05. The van der Waals surface area contributed by atoms with Crippen molar-refractivity contribution >= 4 is 28.7 Å². The number of benzene rings is 2. The van der Waals surface area contributed by atoms with Crippen molar-refractivity contribution in [3.8, 4) is 17.2 Å².